The number of benzene rings is 2. The largest absolute Gasteiger partial charge is 0.507 e. The van der Waals surface area contributed by atoms with E-state index in [1.807, 2.05) is 55.5 Å². The number of nitrogens with one attached hydrogen (secondary N) is 2. The predicted molar refractivity (Wildman–Crippen MR) is 106 cm³/mol. The summed E-state index contributed by atoms with van der Waals surface area (Å²) >= 11 is 0. The number of rotatable bonds is 1. The number of hydrogen-bond donors (Lipinski definition) is 3. The molecule has 6 heteroatoms. The first kappa shape index (κ1) is 16.5. The summed E-state index contributed by atoms with van der Waals surface area (Å²) in [6, 6.07) is 15.3. The molecule has 6 nitrogen and oxygen atoms in total. The Morgan fingerprint density at radius 2 is 1.71 bits per heavy atom. The number of hydrogen-bond acceptors (Lipinski definition) is 3. The van der Waals surface area contributed by atoms with E-state index in [1.54, 1.807) is 7.05 Å². The third-order valence-corrected chi connectivity index (χ3v) is 5.66. The molecule has 1 aliphatic carbocycles. The molecule has 5 rings (SSSR count). The van der Waals surface area contributed by atoms with Crippen LogP contribution in [0.3, 0.4) is 0 Å². The predicted octanol–water partition coefficient (Wildman–Crippen LogP) is 1.01. The monoisotopic (exact) mass is 372 g/mol. The molecule has 1 aromatic heterocycles. The van der Waals surface area contributed by atoms with E-state index in [0.29, 0.717) is 22.5 Å². The molecule has 2 aliphatic rings. The number of nitrogens with zero attached hydrogens (tertiary/aromatic N) is 1. The van der Waals surface area contributed by atoms with E-state index in [-0.39, 0.29) is 5.76 Å². The summed E-state index contributed by atoms with van der Waals surface area (Å²) in [7, 11) is 1.62. The lowest BCUT2D eigenvalue weighted by Gasteiger charge is -2.24. The van der Waals surface area contributed by atoms with Gasteiger partial charge in [0, 0.05) is 11.1 Å². The fourth-order valence-corrected chi connectivity index (χ4v) is 4.27. The molecule has 0 fully saturated rings. The summed E-state index contributed by atoms with van der Waals surface area (Å²) in [5.41, 5.74) is 4.37. The van der Waals surface area contributed by atoms with Gasteiger partial charge < -0.3 is 5.11 Å². The second-order valence-corrected chi connectivity index (χ2v) is 7.18. The highest BCUT2D eigenvalue weighted by atomic mass is 16.3. The fourth-order valence-electron chi connectivity index (χ4n) is 4.27. The number of H-pyrrole nitrogens is 1. The molecule has 0 spiro atoms. The Labute approximate surface area is 160 Å². The van der Waals surface area contributed by atoms with Crippen molar-refractivity contribution < 1.29 is 10.1 Å². The lowest BCUT2D eigenvalue weighted by Crippen LogP contribution is -2.72. The van der Waals surface area contributed by atoms with Crippen LogP contribution in [0.1, 0.15) is 33.7 Å². The molecule has 1 atom stereocenters. The summed E-state index contributed by atoms with van der Waals surface area (Å²) in [6.45, 7) is 1.98. The number of allylic oxidation sites excluding steroid dienone is 1. The highest BCUT2D eigenvalue weighted by Crippen LogP contribution is 2.44. The van der Waals surface area contributed by atoms with Crippen LogP contribution in [0.25, 0.3) is 5.76 Å². The topological polar surface area (TPSA) is 89.1 Å². The Bertz CT molecular complexity index is 1340. The molecule has 2 aromatic carbocycles. The van der Waals surface area contributed by atoms with Gasteiger partial charge in [-0.3, -0.25) is 9.78 Å². The number of aliphatic hydroxyl groups excluding tert-OH is 1. The van der Waals surface area contributed by atoms with Crippen molar-refractivity contribution in [1.29, 1.82) is 0 Å². The van der Waals surface area contributed by atoms with Gasteiger partial charge in [0.2, 0.25) is 0 Å². The molecule has 3 N–H and O–H groups in total. The minimum absolute atomic E-state index is 0.158. The molecule has 28 heavy (non-hydrogen) atoms. The summed E-state index contributed by atoms with van der Waals surface area (Å²) in [5, 5.41) is 11.1. The molecule has 0 amide bonds. The van der Waals surface area contributed by atoms with Gasteiger partial charge >= 0.3 is 5.69 Å². The van der Waals surface area contributed by atoms with Crippen molar-refractivity contribution in [2.45, 2.75) is 12.8 Å². The Hall–Kier alpha value is -3.67. The minimum Gasteiger partial charge on any atom is -0.507 e. The minimum atomic E-state index is -0.490. The Balaban J connectivity index is 1.96. The highest BCUT2D eigenvalue weighted by Gasteiger charge is 2.44. The van der Waals surface area contributed by atoms with E-state index in [1.165, 1.54) is 4.57 Å². The van der Waals surface area contributed by atoms with Crippen molar-refractivity contribution >= 4 is 17.3 Å². The summed E-state index contributed by atoms with van der Waals surface area (Å²) in [6.07, 6.45) is 0. The van der Waals surface area contributed by atoms with Gasteiger partial charge in [-0.05, 0) is 24.1 Å². The fraction of sp³-hybridized carbons (Fsp3) is 0.136. The van der Waals surface area contributed by atoms with Gasteiger partial charge in [-0.15, -0.1) is 0 Å². The Morgan fingerprint density at radius 1 is 1.04 bits per heavy atom. The van der Waals surface area contributed by atoms with E-state index in [4.69, 9.17) is 0 Å². The quantitative estimate of drug-likeness (QED) is 0.596. The lowest BCUT2D eigenvalue weighted by molar-refractivity contribution is -0.363. The SMILES string of the molecule is Cc1ccccc1C1C2=C(O)c3ccccc3C2=[NH+]c2c1c(=O)[nH]c(=O)n2C. The number of aryl methyl sites for hydroxylation is 1. The van der Waals surface area contributed by atoms with E-state index in [0.717, 1.165) is 22.4 Å². The normalized spacial score (nSPS) is 17.1. The third-order valence-electron chi connectivity index (χ3n) is 5.66. The molecule has 0 saturated heterocycles. The molecule has 138 valence electrons. The molecule has 0 radical (unpaired) electrons. The van der Waals surface area contributed by atoms with E-state index in [9.17, 15) is 14.7 Å². The van der Waals surface area contributed by atoms with Crippen LogP contribution in [0.4, 0.5) is 5.82 Å². The first-order chi connectivity index (χ1) is 13.5. The lowest BCUT2D eigenvalue weighted by atomic mass is 9.80. The maximum Gasteiger partial charge on any atom is 0.415 e. The number of aromatic amines is 1. The van der Waals surface area contributed by atoms with Crippen LogP contribution in [0.15, 0.2) is 63.7 Å². The van der Waals surface area contributed by atoms with Gasteiger partial charge in [0.15, 0.2) is 0 Å². The van der Waals surface area contributed by atoms with Crippen LogP contribution < -0.4 is 16.2 Å². The molecule has 1 aliphatic heterocycles. The summed E-state index contributed by atoms with van der Waals surface area (Å²) < 4.78 is 1.41. The van der Waals surface area contributed by atoms with Crippen LogP contribution >= 0.6 is 0 Å². The Kier molecular flexibility index (Phi) is 3.34. The van der Waals surface area contributed by atoms with Gasteiger partial charge in [-0.25, -0.2) is 9.79 Å². The molecular formula is C22H18N3O3+. The van der Waals surface area contributed by atoms with Crippen LogP contribution in [0.5, 0.6) is 0 Å². The van der Waals surface area contributed by atoms with Crippen LogP contribution in [-0.2, 0) is 7.05 Å². The van der Waals surface area contributed by atoms with E-state index >= 15 is 0 Å². The highest BCUT2D eigenvalue weighted by molar-refractivity contribution is 6.21. The summed E-state index contributed by atoms with van der Waals surface area (Å²) in [5.74, 6) is 0.117. The van der Waals surface area contributed by atoms with Crippen molar-refractivity contribution in [2.75, 3.05) is 0 Å². The Morgan fingerprint density at radius 3 is 2.46 bits per heavy atom. The standard InChI is InChI=1S/C22H17N3O3/c1-11-7-3-4-8-12(11)15-16-18(13-9-5-6-10-14(13)19(16)26)23-20-17(15)21(27)24-22(28)25(20)2/h3-10,15,26H,1-2H3,(H,24,27,28)/p+1. The average Bonchev–Trinajstić information content (AvgIpc) is 2.98. The van der Waals surface area contributed by atoms with E-state index in [2.05, 4.69) is 9.98 Å². The van der Waals surface area contributed by atoms with Crippen LogP contribution in [0.2, 0.25) is 0 Å². The van der Waals surface area contributed by atoms with Crippen molar-refractivity contribution in [1.82, 2.24) is 9.55 Å². The van der Waals surface area contributed by atoms with Gasteiger partial charge in [0.25, 0.3) is 11.4 Å². The van der Waals surface area contributed by atoms with Gasteiger partial charge in [0.1, 0.15) is 17.0 Å². The number of fused-ring (bicyclic) bond motifs is 4. The van der Waals surface area contributed by atoms with Gasteiger partial charge in [0.05, 0.1) is 18.5 Å². The van der Waals surface area contributed by atoms with E-state index < -0.39 is 17.2 Å². The zero-order valence-corrected chi connectivity index (χ0v) is 15.4. The molecule has 1 unspecified atom stereocenters. The van der Waals surface area contributed by atoms with Gasteiger partial charge in [-0.1, -0.05) is 42.5 Å². The van der Waals surface area contributed by atoms with Crippen molar-refractivity contribution in [3.8, 4) is 0 Å². The first-order valence-corrected chi connectivity index (χ1v) is 9.05. The van der Waals surface area contributed by atoms with Crippen molar-refractivity contribution in [3.05, 3.63) is 103 Å². The summed E-state index contributed by atoms with van der Waals surface area (Å²) in [4.78, 5) is 30.8. The zero-order chi connectivity index (χ0) is 19.6. The van der Waals surface area contributed by atoms with Gasteiger partial charge in [-0.2, -0.15) is 4.57 Å². The van der Waals surface area contributed by atoms with Crippen LogP contribution in [0, 0.1) is 6.92 Å². The smallest absolute Gasteiger partial charge is 0.415 e. The average molecular weight is 372 g/mol. The first-order valence-electron chi connectivity index (χ1n) is 9.05. The van der Waals surface area contributed by atoms with Crippen molar-refractivity contribution in [3.63, 3.8) is 0 Å². The molecule has 3 aromatic rings. The second kappa shape index (κ2) is 5.66. The maximum absolute atomic E-state index is 12.9. The molecule has 2 heterocycles. The third kappa shape index (κ3) is 2.05. The molecule has 0 saturated carbocycles. The maximum atomic E-state index is 12.9. The number of aliphatic hydroxyl groups is 1. The van der Waals surface area contributed by atoms with Crippen molar-refractivity contribution in [2.24, 2.45) is 7.05 Å². The number of aromatic nitrogens is 2. The van der Waals surface area contributed by atoms with Crippen LogP contribution in [-0.4, -0.2) is 20.4 Å². The molecular weight excluding hydrogens is 354 g/mol. The second-order valence-electron chi connectivity index (χ2n) is 7.18. The molecule has 0 bridgehead atoms. The zero-order valence-electron chi connectivity index (χ0n) is 15.4.